The lowest BCUT2D eigenvalue weighted by Gasteiger charge is -2.29. The monoisotopic (exact) mass is 205 g/mol. The number of allylic oxidation sites excluding steroid dienone is 1. The summed E-state index contributed by atoms with van der Waals surface area (Å²) >= 11 is 0. The van der Waals surface area contributed by atoms with Gasteiger partial charge in [-0.15, -0.1) is 0 Å². The van der Waals surface area contributed by atoms with Crippen molar-refractivity contribution in [3.8, 4) is 0 Å². The van der Waals surface area contributed by atoms with Gasteiger partial charge in [0, 0.05) is 5.70 Å². The first-order valence-electron chi connectivity index (χ1n) is 3.45. The predicted molar refractivity (Wildman–Crippen MR) is 47.9 cm³/mol. The van der Waals surface area contributed by atoms with Crippen LogP contribution in [-0.4, -0.2) is 23.9 Å². The average Bonchev–Trinajstić information content (AvgIpc) is 1.95. The quantitative estimate of drug-likeness (QED) is 0.376. The van der Waals surface area contributed by atoms with Crippen LogP contribution < -0.4 is 17.2 Å². The Morgan fingerprint density at radius 3 is 2.46 bits per heavy atom. The molecule has 2 unspecified atom stereocenters. The number of hydrogen-bond donors (Lipinski definition) is 4. The van der Waals surface area contributed by atoms with Crippen molar-refractivity contribution in [2.24, 2.45) is 17.2 Å². The molecule has 0 aliphatic heterocycles. The zero-order valence-electron chi connectivity index (χ0n) is 6.71. The van der Waals surface area contributed by atoms with Crippen LogP contribution >= 0.6 is 0 Å². The molecule has 0 spiro atoms. The minimum absolute atomic E-state index is 0.317. The Morgan fingerprint density at radius 1 is 1.54 bits per heavy atom. The largest absolute Gasteiger partial charge is 0.399 e. The average molecular weight is 205 g/mol. The highest BCUT2D eigenvalue weighted by atomic mass is 32.2. The van der Waals surface area contributed by atoms with Crippen LogP contribution in [0.3, 0.4) is 0 Å². The molecular formula is C6H11N3O3S. The molecule has 0 bridgehead atoms. The van der Waals surface area contributed by atoms with E-state index in [9.17, 15) is 8.42 Å². The van der Waals surface area contributed by atoms with Crippen LogP contribution in [0.2, 0.25) is 0 Å². The van der Waals surface area contributed by atoms with Crippen LogP contribution in [0, 0.1) is 0 Å². The third-order valence-corrected chi connectivity index (χ3v) is 3.18. The topological polar surface area (TPSA) is 132 Å². The Bertz CT molecular complexity index is 373. The molecule has 6 nitrogen and oxygen atoms in total. The second-order valence-electron chi connectivity index (χ2n) is 2.85. The SMILES string of the molecule is NC1=CC(N)C(N)(S(=O)(=O)O)C=C1. The summed E-state index contributed by atoms with van der Waals surface area (Å²) in [5.41, 5.74) is 16.5. The van der Waals surface area contributed by atoms with E-state index in [1.54, 1.807) is 0 Å². The van der Waals surface area contributed by atoms with E-state index in [0.29, 0.717) is 5.70 Å². The van der Waals surface area contributed by atoms with Crippen molar-refractivity contribution < 1.29 is 13.0 Å². The second-order valence-corrected chi connectivity index (χ2v) is 4.51. The lowest BCUT2D eigenvalue weighted by molar-refractivity contribution is 0.435. The molecule has 0 heterocycles. The summed E-state index contributed by atoms with van der Waals surface area (Å²) in [6.07, 6.45) is 3.63. The van der Waals surface area contributed by atoms with Gasteiger partial charge in [0.05, 0.1) is 6.04 Å². The van der Waals surface area contributed by atoms with E-state index in [1.807, 2.05) is 0 Å². The van der Waals surface area contributed by atoms with E-state index in [1.165, 1.54) is 12.2 Å². The molecule has 2 atom stereocenters. The first-order valence-corrected chi connectivity index (χ1v) is 4.89. The Hall–Kier alpha value is -0.890. The molecule has 0 fully saturated rings. The Balaban J connectivity index is 3.18. The minimum Gasteiger partial charge on any atom is -0.399 e. The molecule has 1 aliphatic rings. The summed E-state index contributed by atoms with van der Waals surface area (Å²) in [7, 11) is -4.43. The molecule has 13 heavy (non-hydrogen) atoms. The van der Waals surface area contributed by atoms with Gasteiger partial charge in [-0.05, 0) is 18.2 Å². The van der Waals surface area contributed by atoms with Gasteiger partial charge in [-0.1, -0.05) is 0 Å². The van der Waals surface area contributed by atoms with Crippen molar-refractivity contribution >= 4 is 10.1 Å². The summed E-state index contributed by atoms with van der Waals surface area (Å²) in [5, 5.41) is 0. The third-order valence-electron chi connectivity index (χ3n) is 1.88. The van der Waals surface area contributed by atoms with E-state index in [2.05, 4.69) is 0 Å². The molecule has 0 saturated carbocycles. The second kappa shape index (κ2) is 2.81. The number of hydrogen-bond acceptors (Lipinski definition) is 5. The van der Waals surface area contributed by atoms with Crippen molar-refractivity contribution in [2.45, 2.75) is 10.9 Å². The zero-order valence-corrected chi connectivity index (χ0v) is 7.53. The molecule has 0 aromatic heterocycles. The lowest BCUT2D eigenvalue weighted by atomic mass is 10.0. The van der Waals surface area contributed by atoms with Gasteiger partial charge >= 0.3 is 0 Å². The van der Waals surface area contributed by atoms with Gasteiger partial charge in [-0.3, -0.25) is 4.55 Å². The smallest absolute Gasteiger partial charge is 0.289 e. The highest BCUT2D eigenvalue weighted by Gasteiger charge is 2.43. The molecule has 7 N–H and O–H groups in total. The van der Waals surface area contributed by atoms with Gasteiger partial charge < -0.3 is 17.2 Å². The first kappa shape index (κ1) is 10.2. The van der Waals surface area contributed by atoms with E-state index >= 15 is 0 Å². The van der Waals surface area contributed by atoms with Crippen molar-refractivity contribution in [1.82, 2.24) is 0 Å². The molecule has 0 radical (unpaired) electrons. The molecule has 1 aliphatic carbocycles. The van der Waals surface area contributed by atoms with Crippen LogP contribution in [-0.2, 0) is 10.1 Å². The number of rotatable bonds is 1. The van der Waals surface area contributed by atoms with Crippen molar-refractivity contribution in [3.63, 3.8) is 0 Å². The zero-order chi connectivity index (χ0) is 10.3. The van der Waals surface area contributed by atoms with E-state index in [0.717, 1.165) is 6.08 Å². The lowest BCUT2D eigenvalue weighted by Crippen LogP contribution is -2.59. The number of nitrogens with two attached hydrogens (primary N) is 3. The van der Waals surface area contributed by atoms with Crippen LogP contribution in [0.5, 0.6) is 0 Å². The summed E-state index contributed by atoms with van der Waals surface area (Å²) in [5.74, 6) is 0. The van der Waals surface area contributed by atoms with Gasteiger partial charge in [0.1, 0.15) is 0 Å². The molecule has 1 rings (SSSR count). The minimum atomic E-state index is -4.43. The maximum Gasteiger partial charge on any atom is 0.289 e. The Labute approximate surface area is 75.8 Å². The Morgan fingerprint density at radius 2 is 2.08 bits per heavy atom. The predicted octanol–water partition coefficient (Wildman–Crippen LogP) is -1.73. The molecule has 0 aromatic rings. The Kier molecular flexibility index (Phi) is 2.20. The van der Waals surface area contributed by atoms with Gasteiger partial charge in [0.25, 0.3) is 10.1 Å². The van der Waals surface area contributed by atoms with Crippen LogP contribution in [0.15, 0.2) is 23.9 Å². The third kappa shape index (κ3) is 1.59. The summed E-state index contributed by atoms with van der Waals surface area (Å²) in [6.45, 7) is 0. The van der Waals surface area contributed by atoms with Gasteiger partial charge in [-0.25, -0.2) is 0 Å². The first-order chi connectivity index (χ1) is 5.77. The van der Waals surface area contributed by atoms with Gasteiger partial charge in [0.2, 0.25) is 0 Å². The maximum absolute atomic E-state index is 10.9. The fraction of sp³-hybridized carbons (Fsp3) is 0.333. The van der Waals surface area contributed by atoms with E-state index < -0.39 is 21.0 Å². The van der Waals surface area contributed by atoms with Gasteiger partial charge in [-0.2, -0.15) is 8.42 Å². The van der Waals surface area contributed by atoms with Gasteiger partial charge in [0.15, 0.2) is 4.87 Å². The molecule has 0 amide bonds. The highest BCUT2D eigenvalue weighted by molar-refractivity contribution is 7.87. The molecular weight excluding hydrogens is 194 g/mol. The molecule has 7 heteroatoms. The van der Waals surface area contributed by atoms with Crippen LogP contribution in [0.25, 0.3) is 0 Å². The summed E-state index contributed by atoms with van der Waals surface area (Å²) in [6, 6.07) is -1.05. The summed E-state index contributed by atoms with van der Waals surface area (Å²) < 4.78 is 30.5. The van der Waals surface area contributed by atoms with Crippen LogP contribution in [0.4, 0.5) is 0 Å². The normalized spacial score (nSPS) is 34.4. The van der Waals surface area contributed by atoms with Crippen molar-refractivity contribution in [2.75, 3.05) is 0 Å². The fourth-order valence-corrected chi connectivity index (χ4v) is 1.64. The summed E-state index contributed by atoms with van der Waals surface area (Å²) in [4.78, 5) is -1.98. The fourth-order valence-electron chi connectivity index (χ4n) is 0.989. The molecule has 74 valence electrons. The standard InChI is InChI=1S/C6H11N3O3S/c7-4-1-2-6(9,5(8)3-4)13(10,11)12/h1-3,5H,7-9H2,(H,10,11,12). The molecule has 0 saturated heterocycles. The van der Waals surface area contributed by atoms with Crippen molar-refractivity contribution in [1.29, 1.82) is 0 Å². The van der Waals surface area contributed by atoms with E-state index in [-0.39, 0.29) is 0 Å². The van der Waals surface area contributed by atoms with Crippen LogP contribution in [0.1, 0.15) is 0 Å². The van der Waals surface area contributed by atoms with Crippen molar-refractivity contribution in [3.05, 3.63) is 23.9 Å². The highest BCUT2D eigenvalue weighted by Crippen LogP contribution is 2.20. The van der Waals surface area contributed by atoms with E-state index in [4.69, 9.17) is 21.8 Å². The maximum atomic E-state index is 10.9. The molecule has 0 aromatic carbocycles.